The van der Waals surface area contributed by atoms with Crippen LogP contribution in [0, 0.1) is 5.41 Å². The zero-order chi connectivity index (χ0) is 13.6. The molecule has 18 heavy (non-hydrogen) atoms. The zero-order valence-corrected chi connectivity index (χ0v) is 12.9. The largest absolute Gasteiger partial charge is 0.379 e. The molecule has 0 saturated carbocycles. The molecule has 2 unspecified atom stereocenters. The van der Waals surface area contributed by atoms with Crippen molar-refractivity contribution in [2.75, 3.05) is 13.7 Å². The van der Waals surface area contributed by atoms with E-state index in [0.29, 0.717) is 6.04 Å². The van der Waals surface area contributed by atoms with E-state index in [1.165, 1.54) is 32.1 Å². The van der Waals surface area contributed by atoms with E-state index in [1.807, 2.05) is 7.11 Å². The first-order valence-electron chi connectivity index (χ1n) is 7.45. The highest BCUT2D eigenvalue weighted by Gasteiger charge is 2.33. The van der Waals surface area contributed by atoms with Crippen LogP contribution in [0.2, 0.25) is 0 Å². The zero-order valence-electron chi connectivity index (χ0n) is 12.9. The molecular formula is C16H31NO. The molecule has 0 fully saturated rings. The smallest absolute Gasteiger partial charge is 0.0810 e. The van der Waals surface area contributed by atoms with E-state index in [2.05, 4.69) is 39.1 Å². The fraction of sp³-hybridized carbons (Fsp3) is 0.875. The van der Waals surface area contributed by atoms with Crippen molar-refractivity contribution in [2.24, 2.45) is 5.41 Å². The van der Waals surface area contributed by atoms with Crippen LogP contribution in [0.25, 0.3) is 0 Å². The molecule has 0 heterocycles. The molecule has 0 aliphatic heterocycles. The molecular weight excluding hydrogens is 222 g/mol. The van der Waals surface area contributed by atoms with Gasteiger partial charge in [-0.05, 0) is 37.6 Å². The first kappa shape index (κ1) is 15.7. The number of nitrogens with one attached hydrogen (secondary N) is 1. The van der Waals surface area contributed by atoms with Crippen LogP contribution in [-0.4, -0.2) is 25.8 Å². The van der Waals surface area contributed by atoms with E-state index < -0.39 is 0 Å². The lowest BCUT2D eigenvalue weighted by atomic mass is 9.80. The number of rotatable bonds is 5. The van der Waals surface area contributed by atoms with Crippen molar-refractivity contribution in [1.29, 1.82) is 0 Å². The van der Waals surface area contributed by atoms with Crippen LogP contribution in [0.3, 0.4) is 0 Å². The van der Waals surface area contributed by atoms with E-state index in [1.54, 1.807) is 5.57 Å². The average Bonchev–Trinajstić information content (AvgIpc) is 2.55. The molecule has 1 aliphatic rings. The maximum atomic E-state index is 5.82. The minimum Gasteiger partial charge on any atom is -0.379 e. The summed E-state index contributed by atoms with van der Waals surface area (Å²) in [6.07, 6.45) is 9.20. The van der Waals surface area contributed by atoms with Gasteiger partial charge in [0.25, 0.3) is 0 Å². The van der Waals surface area contributed by atoms with Crippen LogP contribution in [0.15, 0.2) is 11.6 Å². The third kappa shape index (κ3) is 4.40. The molecule has 0 radical (unpaired) electrons. The third-order valence-electron chi connectivity index (χ3n) is 3.81. The summed E-state index contributed by atoms with van der Waals surface area (Å²) in [5.41, 5.74) is 1.73. The van der Waals surface area contributed by atoms with Gasteiger partial charge in [-0.3, -0.25) is 0 Å². The molecule has 0 saturated heterocycles. The standard InChI is InChI=1S/C16H31NO/c1-6-17-14(15(18-5)16(2,3)4)13-11-9-7-8-10-12-13/h11,14-15,17H,6-10,12H2,1-5H3. The summed E-state index contributed by atoms with van der Waals surface area (Å²) in [5, 5.41) is 3.64. The van der Waals surface area contributed by atoms with Crippen molar-refractivity contribution < 1.29 is 4.74 Å². The van der Waals surface area contributed by atoms with Crippen LogP contribution in [-0.2, 0) is 4.74 Å². The van der Waals surface area contributed by atoms with E-state index in [4.69, 9.17) is 4.74 Å². The number of hydrogen-bond donors (Lipinski definition) is 1. The minimum absolute atomic E-state index is 0.161. The van der Waals surface area contributed by atoms with Crippen molar-refractivity contribution in [3.05, 3.63) is 11.6 Å². The first-order chi connectivity index (χ1) is 8.50. The summed E-state index contributed by atoms with van der Waals surface area (Å²) in [5.74, 6) is 0. The van der Waals surface area contributed by atoms with Crippen molar-refractivity contribution >= 4 is 0 Å². The molecule has 2 heteroatoms. The second-order valence-electron chi connectivity index (χ2n) is 6.44. The number of allylic oxidation sites excluding steroid dienone is 1. The Labute approximate surface area is 113 Å². The Morgan fingerprint density at radius 1 is 1.28 bits per heavy atom. The molecule has 0 amide bonds. The predicted octanol–water partition coefficient (Wildman–Crippen LogP) is 3.92. The van der Waals surface area contributed by atoms with Gasteiger partial charge in [0.1, 0.15) is 0 Å². The fourth-order valence-corrected chi connectivity index (χ4v) is 2.96. The van der Waals surface area contributed by atoms with Gasteiger partial charge >= 0.3 is 0 Å². The Balaban J connectivity index is 2.88. The number of ether oxygens (including phenoxy) is 1. The van der Waals surface area contributed by atoms with Crippen LogP contribution in [0.5, 0.6) is 0 Å². The summed E-state index contributed by atoms with van der Waals surface area (Å²) in [6.45, 7) is 9.98. The molecule has 2 atom stereocenters. The molecule has 0 bridgehead atoms. The van der Waals surface area contributed by atoms with E-state index >= 15 is 0 Å². The summed E-state index contributed by atoms with van der Waals surface area (Å²) in [7, 11) is 1.84. The average molecular weight is 253 g/mol. The topological polar surface area (TPSA) is 21.3 Å². The van der Waals surface area contributed by atoms with E-state index in [0.717, 1.165) is 6.54 Å². The quantitative estimate of drug-likeness (QED) is 0.750. The van der Waals surface area contributed by atoms with Crippen LogP contribution in [0.4, 0.5) is 0 Å². The third-order valence-corrected chi connectivity index (χ3v) is 3.81. The van der Waals surface area contributed by atoms with Crippen molar-refractivity contribution in [1.82, 2.24) is 5.32 Å². The minimum atomic E-state index is 0.161. The molecule has 106 valence electrons. The number of likely N-dealkylation sites (N-methyl/N-ethyl adjacent to an activating group) is 1. The Hall–Kier alpha value is -0.340. The monoisotopic (exact) mass is 253 g/mol. The molecule has 2 nitrogen and oxygen atoms in total. The predicted molar refractivity (Wildman–Crippen MR) is 78.9 cm³/mol. The first-order valence-corrected chi connectivity index (χ1v) is 7.45. The van der Waals surface area contributed by atoms with Gasteiger partial charge in [0.05, 0.1) is 12.1 Å². The fourth-order valence-electron chi connectivity index (χ4n) is 2.96. The molecule has 1 rings (SSSR count). The lowest BCUT2D eigenvalue weighted by molar-refractivity contribution is -0.00277. The highest BCUT2D eigenvalue weighted by Crippen LogP contribution is 2.30. The van der Waals surface area contributed by atoms with Crippen molar-refractivity contribution in [2.45, 2.75) is 71.9 Å². The van der Waals surface area contributed by atoms with Gasteiger partial charge in [-0.1, -0.05) is 45.8 Å². The maximum absolute atomic E-state index is 5.82. The molecule has 0 aromatic carbocycles. The highest BCUT2D eigenvalue weighted by atomic mass is 16.5. The van der Waals surface area contributed by atoms with Crippen LogP contribution < -0.4 is 5.32 Å². The molecule has 0 spiro atoms. The van der Waals surface area contributed by atoms with Gasteiger partial charge in [-0.25, -0.2) is 0 Å². The second kappa shape index (κ2) is 7.30. The Bertz CT molecular complexity index is 265. The highest BCUT2D eigenvalue weighted by molar-refractivity contribution is 5.16. The van der Waals surface area contributed by atoms with Gasteiger partial charge in [-0.15, -0.1) is 0 Å². The van der Waals surface area contributed by atoms with Crippen LogP contribution >= 0.6 is 0 Å². The summed E-state index contributed by atoms with van der Waals surface area (Å²) >= 11 is 0. The second-order valence-corrected chi connectivity index (χ2v) is 6.44. The summed E-state index contributed by atoms with van der Waals surface area (Å²) in [6, 6.07) is 0.373. The molecule has 0 aromatic rings. The Morgan fingerprint density at radius 3 is 2.56 bits per heavy atom. The van der Waals surface area contributed by atoms with Crippen molar-refractivity contribution in [3.63, 3.8) is 0 Å². The lowest BCUT2D eigenvalue weighted by Gasteiger charge is -2.37. The number of methoxy groups -OCH3 is 1. The SMILES string of the molecule is CCNC(C1=CCCCCC1)C(OC)C(C)(C)C. The Morgan fingerprint density at radius 2 is 2.00 bits per heavy atom. The normalized spacial score (nSPS) is 21.1. The van der Waals surface area contributed by atoms with E-state index in [9.17, 15) is 0 Å². The summed E-state index contributed by atoms with van der Waals surface area (Å²) in [4.78, 5) is 0. The summed E-state index contributed by atoms with van der Waals surface area (Å²) < 4.78 is 5.82. The van der Waals surface area contributed by atoms with Gasteiger partial charge in [-0.2, -0.15) is 0 Å². The van der Waals surface area contributed by atoms with Crippen LogP contribution in [0.1, 0.15) is 59.8 Å². The Kier molecular flexibility index (Phi) is 6.37. The van der Waals surface area contributed by atoms with Gasteiger partial charge in [0.2, 0.25) is 0 Å². The van der Waals surface area contributed by atoms with Gasteiger partial charge < -0.3 is 10.1 Å². The maximum Gasteiger partial charge on any atom is 0.0810 e. The molecule has 1 aliphatic carbocycles. The van der Waals surface area contributed by atoms with E-state index in [-0.39, 0.29) is 11.5 Å². The lowest BCUT2D eigenvalue weighted by Crippen LogP contribution is -2.48. The van der Waals surface area contributed by atoms with Gasteiger partial charge in [0.15, 0.2) is 0 Å². The molecule has 1 N–H and O–H groups in total. The molecule has 0 aromatic heterocycles. The number of hydrogen-bond acceptors (Lipinski definition) is 2. The van der Waals surface area contributed by atoms with Crippen molar-refractivity contribution in [3.8, 4) is 0 Å². The van der Waals surface area contributed by atoms with Gasteiger partial charge in [0, 0.05) is 7.11 Å².